The van der Waals surface area contributed by atoms with E-state index in [4.69, 9.17) is 10.7 Å². The van der Waals surface area contributed by atoms with E-state index in [1.165, 1.54) is 37.0 Å². The normalized spacial score (nSPS) is 22.7. The molecule has 1 aliphatic rings. The third kappa shape index (κ3) is 2.59. The van der Waals surface area contributed by atoms with Crippen LogP contribution in [0.4, 0.5) is 0 Å². The van der Waals surface area contributed by atoms with Gasteiger partial charge in [0.15, 0.2) is 0 Å². The molecular weight excluding hydrogens is 246 g/mol. The zero-order chi connectivity index (χ0) is 13.9. The lowest BCUT2D eigenvalue weighted by atomic mass is 10.0. The summed E-state index contributed by atoms with van der Waals surface area (Å²) in [5.41, 5.74) is 8.61. The van der Waals surface area contributed by atoms with Gasteiger partial charge in [0.1, 0.15) is 5.82 Å². The van der Waals surface area contributed by atoms with Crippen LogP contribution in [-0.4, -0.2) is 15.6 Å². The number of aromatic nitrogens is 2. The SMILES string of the molecule is CCCc1nc2ccccc2n1CCC1CCCC1N. The minimum absolute atomic E-state index is 0.416. The van der Waals surface area contributed by atoms with E-state index in [0.717, 1.165) is 24.9 Å². The van der Waals surface area contributed by atoms with E-state index in [1.54, 1.807) is 0 Å². The highest BCUT2D eigenvalue weighted by molar-refractivity contribution is 5.75. The number of rotatable bonds is 5. The van der Waals surface area contributed by atoms with Crippen LogP contribution in [0.3, 0.4) is 0 Å². The molecule has 0 spiro atoms. The maximum Gasteiger partial charge on any atom is 0.109 e. The van der Waals surface area contributed by atoms with Crippen molar-refractivity contribution < 1.29 is 0 Å². The molecule has 3 rings (SSSR count). The average molecular weight is 271 g/mol. The lowest BCUT2D eigenvalue weighted by Gasteiger charge is -2.16. The number of imidazole rings is 1. The number of aryl methyl sites for hydroxylation is 2. The fourth-order valence-corrected chi connectivity index (χ4v) is 3.51. The molecule has 0 radical (unpaired) electrons. The molecule has 1 aromatic heterocycles. The van der Waals surface area contributed by atoms with E-state index >= 15 is 0 Å². The summed E-state index contributed by atoms with van der Waals surface area (Å²) in [6.07, 6.45) is 7.21. The van der Waals surface area contributed by atoms with Gasteiger partial charge in [-0.3, -0.25) is 0 Å². The van der Waals surface area contributed by atoms with Crippen LogP contribution in [0.5, 0.6) is 0 Å². The van der Waals surface area contributed by atoms with Crippen molar-refractivity contribution in [1.82, 2.24) is 9.55 Å². The van der Waals surface area contributed by atoms with Crippen molar-refractivity contribution >= 4 is 11.0 Å². The maximum atomic E-state index is 6.20. The van der Waals surface area contributed by atoms with Crippen molar-refractivity contribution in [2.45, 2.75) is 58.0 Å². The monoisotopic (exact) mass is 271 g/mol. The quantitative estimate of drug-likeness (QED) is 0.904. The molecule has 20 heavy (non-hydrogen) atoms. The van der Waals surface area contributed by atoms with Gasteiger partial charge >= 0.3 is 0 Å². The summed E-state index contributed by atoms with van der Waals surface area (Å²) in [4.78, 5) is 4.80. The van der Waals surface area contributed by atoms with Crippen LogP contribution >= 0.6 is 0 Å². The van der Waals surface area contributed by atoms with Gasteiger partial charge in [0.2, 0.25) is 0 Å². The third-order valence-corrected chi connectivity index (χ3v) is 4.65. The molecule has 1 heterocycles. The fraction of sp³-hybridized carbons (Fsp3) is 0.588. The van der Waals surface area contributed by atoms with Crippen LogP contribution in [-0.2, 0) is 13.0 Å². The van der Waals surface area contributed by atoms with Crippen LogP contribution in [0, 0.1) is 5.92 Å². The number of hydrogen-bond donors (Lipinski definition) is 1. The summed E-state index contributed by atoms with van der Waals surface area (Å²) in [6, 6.07) is 8.90. The van der Waals surface area contributed by atoms with Gasteiger partial charge in [-0.15, -0.1) is 0 Å². The molecule has 1 aromatic carbocycles. The smallest absolute Gasteiger partial charge is 0.109 e. The Morgan fingerprint density at radius 2 is 2.15 bits per heavy atom. The summed E-state index contributed by atoms with van der Waals surface area (Å²) in [5.74, 6) is 1.94. The number of benzene rings is 1. The van der Waals surface area contributed by atoms with E-state index in [1.807, 2.05) is 0 Å². The molecule has 0 aliphatic heterocycles. The second-order valence-electron chi connectivity index (χ2n) is 6.06. The minimum Gasteiger partial charge on any atom is -0.328 e. The summed E-state index contributed by atoms with van der Waals surface area (Å²) in [7, 11) is 0. The molecule has 3 nitrogen and oxygen atoms in total. The van der Waals surface area contributed by atoms with E-state index in [0.29, 0.717) is 12.0 Å². The van der Waals surface area contributed by atoms with E-state index in [9.17, 15) is 0 Å². The Kier molecular flexibility index (Phi) is 4.06. The molecule has 0 saturated heterocycles. The predicted molar refractivity (Wildman–Crippen MR) is 83.7 cm³/mol. The second kappa shape index (κ2) is 5.96. The van der Waals surface area contributed by atoms with Crippen molar-refractivity contribution in [1.29, 1.82) is 0 Å². The molecule has 0 amide bonds. The van der Waals surface area contributed by atoms with Gasteiger partial charge in [-0.25, -0.2) is 4.98 Å². The van der Waals surface area contributed by atoms with Crippen LogP contribution in [0.25, 0.3) is 11.0 Å². The van der Waals surface area contributed by atoms with Crippen LogP contribution in [0.1, 0.15) is 44.9 Å². The van der Waals surface area contributed by atoms with Gasteiger partial charge in [-0.05, 0) is 43.7 Å². The highest BCUT2D eigenvalue weighted by Crippen LogP contribution is 2.28. The molecule has 2 N–H and O–H groups in total. The Labute approximate surface area is 121 Å². The predicted octanol–water partition coefficient (Wildman–Crippen LogP) is 3.51. The molecule has 0 bridgehead atoms. The first-order valence-electron chi connectivity index (χ1n) is 7.99. The van der Waals surface area contributed by atoms with E-state index < -0.39 is 0 Å². The zero-order valence-corrected chi connectivity index (χ0v) is 12.4. The number of hydrogen-bond acceptors (Lipinski definition) is 2. The lowest BCUT2D eigenvalue weighted by Crippen LogP contribution is -2.25. The van der Waals surface area contributed by atoms with Gasteiger partial charge in [-0.2, -0.15) is 0 Å². The first kappa shape index (κ1) is 13.6. The molecule has 2 aromatic rings. The molecular formula is C17H25N3. The van der Waals surface area contributed by atoms with Crippen molar-refractivity contribution in [2.75, 3.05) is 0 Å². The van der Waals surface area contributed by atoms with Crippen molar-refractivity contribution in [3.63, 3.8) is 0 Å². The van der Waals surface area contributed by atoms with E-state index in [-0.39, 0.29) is 0 Å². The lowest BCUT2D eigenvalue weighted by molar-refractivity contribution is 0.414. The summed E-state index contributed by atoms with van der Waals surface area (Å²) in [5, 5.41) is 0. The topological polar surface area (TPSA) is 43.8 Å². The van der Waals surface area contributed by atoms with Gasteiger partial charge in [0, 0.05) is 19.0 Å². The van der Waals surface area contributed by atoms with Crippen molar-refractivity contribution in [3.05, 3.63) is 30.1 Å². The first-order valence-corrected chi connectivity index (χ1v) is 7.99. The molecule has 3 heteroatoms. The Balaban J connectivity index is 1.83. The molecule has 1 aliphatic carbocycles. The highest BCUT2D eigenvalue weighted by Gasteiger charge is 2.24. The molecule has 1 saturated carbocycles. The van der Waals surface area contributed by atoms with Crippen LogP contribution in [0.15, 0.2) is 24.3 Å². The first-order chi connectivity index (χ1) is 9.79. The molecule has 1 fully saturated rings. The zero-order valence-electron chi connectivity index (χ0n) is 12.4. The fourth-order valence-electron chi connectivity index (χ4n) is 3.51. The number of nitrogens with two attached hydrogens (primary N) is 1. The van der Waals surface area contributed by atoms with Gasteiger partial charge in [-0.1, -0.05) is 25.5 Å². The summed E-state index contributed by atoms with van der Waals surface area (Å²) >= 11 is 0. The number of fused-ring (bicyclic) bond motifs is 1. The van der Waals surface area contributed by atoms with Gasteiger partial charge < -0.3 is 10.3 Å². The largest absolute Gasteiger partial charge is 0.328 e. The van der Waals surface area contributed by atoms with Crippen LogP contribution < -0.4 is 5.73 Å². The number of nitrogens with zero attached hydrogens (tertiary/aromatic N) is 2. The highest BCUT2D eigenvalue weighted by atomic mass is 15.1. The number of para-hydroxylation sites is 2. The Morgan fingerprint density at radius 1 is 1.30 bits per heavy atom. The second-order valence-corrected chi connectivity index (χ2v) is 6.06. The maximum absolute atomic E-state index is 6.20. The molecule has 2 unspecified atom stereocenters. The average Bonchev–Trinajstić information content (AvgIpc) is 3.01. The summed E-state index contributed by atoms with van der Waals surface area (Å²) < 4.78 is 2.42. The Hall–Kier alpha value is -1.35. The summed E-state index contributed by atoms with van der Waals surface area (Å²) in [6.45, 7) is 3.28. The van der Waals surface area contributed by atoms with Gasteiger partial charge in [0.05, 0.1) is 11.0 Å². The van der Waals surface area contributed by atoms with Crippen LogP contribution in [0.2, 0.25) is 0 Å². The molecule has 108 valence electrons. The third-order valence-electron chi connectivity index (χ3n) is 4.65. The molecule has 2 atom stereocenters. The van der Waals surface area contributed by atoms with Crippen molar-refractivity contribution in [3.8, 4) is 0 Å². The van der Waals surface area contributed by atoms with Gasteiger partial charge in [0.25, 0.3) is 0 Å². The Bertz CT molecular complexity index is 573. The van der Waals surface area contributed by atoms with E-state index in [2.05, 4.69) is 35.8 Å². The standard InChI is InChI=1S/C17H25N3/c1-2-6-17-19-15-9-3-4-10-16(15)20(17)12-11-13-7-5-8-14(13)18/h3-4,9-10,13-14H,2,5-8,11-12,18H2,1H3. The Morgan fingerprint density at radius 3 is 2.90 bits per heavy atom. The van der Waals surface area contributed by atoms with Crippen molar-refractivity contribution in [2.24, 2.45) is 11.7 Å². The minimum atomic E-state index is 0.416.